The third kappa shape index (κ3) is 2.76. The molecule has 2 aromatic heterocycles. The van der Waals surface area contributed by atoms with Crippen LogP contribution in [0.1, 0.15) is 32.9 Å². The zero-order valence-corrected chi connectivity index (χ0v) is 15.5. The van der Waals surface area contributed by atoms with Crippen molar-refractivity contribution in [2.45, 2.75) is 27.7 Å². The minimum atomic E-state index is -0.358. The fourth-order valence-electron chi connectivity index (χ4n) is 3.29. The largest absolute Gasteiger partial charge is 0.465 e. The second kappa shape index (κ2) is 6.24. The van der Waals surface area contributed by atoms with Crippen LogP contribution in [0.5, 0.6) is 0 Å². The van der Waals surface area contributed by atoms with E-state index in [2.05, 4.69) is 30.9 Å². The highest BCUT2D eigenvalue weighted by atomic mass is 16.5. The molecule has 1 aromatic carbocycles. The number of aryl methyl sites for hydroxylation is 4. The number of para-hydroxylation sites is 1. The highest BCUT2D eigenvalue weighted by Gasteiger charge is 2.19. The van der Waals surface area contributed by atoms with Crippen molar-refractivity contribution in [3.63, 3.8) is 0 Å². The molecule has 130 valence electrons. The number of anilines is 2. The van der Waals surface area contributed by atoms with Gasteiger partial charge in [-0.05, 0) is 44.9 Å². The number of nitrogens with zero attached hydrogens (tertiary/aromatic N) is 3. The molecule has 0 aliphatic carbocycles. The number of rotatable bonds is 3. The first-order valence-electron chi connectivity index (χ1n) is 8.22. The Labute approximate surface area is 147 Å². The van der Waals surface area contributed by atoms with E-state index in [4.69, 9.17) is 9.72 Å². The molecule has 0 aliphatic heterocycles. The molecule has 0 N–H and O–H groups in total. The molecule has 0 atom stereocenters. The summed E-state index contributed by atoms with van der Waals surface area (Å²) in [6.07, 6.45) is 1.79. The first-order chi connectivity index (χ1) is 11.8. The number of carbonyl (C=O) groups excluding carboxylic acids is 1. The molecule has 3 rings (SSSR count). The molecule has 0 amide bonds. The maximum atomic E-state index is 12.1. The molecule has 5 nitrogen and oxygen atoms in total. The van der Waals surface area contributed by atoms with Crippen molar-refractivity contribution in [1.29, 1.82) is 0 Å². The summed E-state index contributed by atoms with van der Waals surface area (Å²) in [5.74, 6) is -0.358. The lowest BCUT2D eigenvalue weighted by Crippen LogP contribution is -2.15. The number of carbonyl (C=O) groups is 1. The third-order valence-electron chi connectivity index (χ3n) is 4.73. The molecule has 0 bridgehead atoms. The van der Waals surface area contributed by atoms with E-state index in [-0.39, 0.29) is 5.97 Å². The maximum absolute atomic E-state index is 12.1. The zero-order chi connectivity index (χ0) is 18.3. The molecule has 0 radical (unpaired) electrons. The number of esters is 1. The predicted molar refractivity (Wildman–Crippen MR) is 100.0 cm³/mol. The Balaban J connectivity index is 2.30. The van der Waals surface area contributed by atoms with Crippen LogP contribution in [0, 0.1) is 27.7 Å². The molecule has 0 fully saturated rings. The van der Waals surface area contributed by atoms with E-state index in [0.717, 1.165) is 28.4 Å². The lowest BCUT2D eigenvalue weighted by atomic mass is 10.1. The topological polar surface area (TPSA) is 46.8 Å². The minimum absolute atomic E-state index is 0.358. The summed E-state index contributed by atoms with van der Waals surface area (Å²) in [4.78, 5) is 19.0. The van der Waals surface area contributed by atoms with Crippen molar-refractivity contribution in [3.8, 4) is 0 Å². The number of ether oxygens (including phenoxy) is 1. The zero-order valence-electron chi connectivity index (χ0n) is 15.5. The lowest BCUT2D eigenvalue weighted by molar-refractivity contribution is 0.0600. The summed E-state index contributed by atoms with van der Waals surface area (Å²) >= 11 is 0. The lowest BCUT2D eigenvalue weighted by Gasteiger charge is -2.24. The smallest absolute Gasteiger partial charge is 0.339 e. The Bertz CT molecular complexity index is 952. The standard InChI is InChI=1S/C20H23N3O2/c1-12-8-7-9-13(2)18(12)22(5)17-10-16(20(24)25-6)11-23-15(4)14(3)21-19(17)23/h7-11H,1-6H3. The van der Waals surface area contributed by atoms with Gasteiger partial charge in [0.25, 0.3) is 0 Å². The van der Waals surface area contributed by atoms with E-state index < -0.39 is 0 Å². The van der Waals surface area contributed by atoms with Gasteiger partial charge in [-0.1, -0.05) is 18.2 Å². The van der Waals surface area contributed by atoms with E-state index in [0.29, 0.717) is 5.56 Å². The van der Waals surface area contributed by atoms with Crippen LogP contribution < -0.4 is 4.90 Å². The van der Waals surface area contributed by atoms with Crippen molar-refractivity contribution >= 4 is 23.0 Å². The van der Waals surface area contributed by atoms with Crippen LogP contribution in [0.15, 0.2) is 30.5 Å². The summed E-state index contributed by atoms with van der Waals surface area (Å²) in [6.45, 7) is 8.15. The molecule has 2 heterocycles. The van der Waals surface area contributed by atoms with Gasteiger partial charge < -0.3 is 14.0 Å². The van der Waals surface area contributed by atoms with Crippen LogP contribution in [0.2, 0.25) is 0 Å². The Hall–Kier alpha value is -2.82. The van der Waals surface area contributed by atoms with E-state index in [1.165, 1.54) is 18.2 Å². The van der Waals surface area contributed by atoms with Gasteiger partial charge in [0, 0.05) is 24.6 Å². The molecule has 0 aliphatic rings. The Morgan fingerprint density at radius 2 is 1.80 bits per heavy atom. The van der Waals surface area contributed by atoms with Gasteiger partial charge in [0.05, 0.1) is 24.1 Å². The quantitative estimate of drug-likeness (QED) is 0.675. The number of pyridine rings is 1. The first kappa shape index (κ1) is 17.0. The van der Waals surface area contributed by atoms with Crippen LogP contribution in [0.3, 0.4) is 0 Å². The highest BCUT2D eigenvalue weighted by molar-refractivity contribution is 5.93. The molecule has 25 heavy (non-hydrogen) atoms. The number of hydrogen-bond acceptors (Lipinski definition) is 4. The van der Waals surface area contributed by atoms with Crippen LogP contribution in [-0.2, 0) is 4.74 Å². The summed E-state index contributed by atoms with van der Waals surface area (Å²) in [5.41, 5.74) is 7.61. The number of imidazole rings is 1. The molecule has 3 aromatic rings. The predicted octanol–water partition coefficient (Wildman–Crippen LogP) is 4.12. The van der Waals surface area contributed by atoms with E-state index in [9.17, 15) is 4.79 Å². The number of hydrogen-bond donors (Lipinski definition) is 0. The fourth-order valence-corrected chi connectivity index (χ4v) is 3.29. The average molecular weight is 337 g/mol. The van der Waals surface area contributed by atoms with Gasteiger partial charge >= 0.3 is 5.97 Å². The van der Waals surface area contributed by atoms with Gasteiger partial charge in [-0.3, -0.25) is 0 Å². The van der Waals surface area contributed by atoms with E-state index in [1.54, 1.807) is 6.20 Å². The van der Waals surface area contributed by atoms with Crippen molar-refractivity contribution in [1.82, 2.24) is 9.38 Å². The van der Waals surface area contributed by atoms with E-state index in [1.807, 2.05) is 37.4 Å². The normalized spacial score (nSPS) is 11.0. The van der Waals surface area contributed by atoms with Crippen LogP contribution in [-0.4, -0.2) is 29.5 Å². The number of aromatic nitrogens is 2. The van der Waals surface area contributed by atoms with E-state index >= 15 is 0 Å². The molecular weight excluding hydrogens is 314 g/mol. The summed E-state index contributed by atoms with van der Waals surface area (Å²) in [7, 11) is 3.40. The average Bonchev–Trinajstić information content (AvgIpc) is 2.87. The number of methoxy groups -OCH3 is 1. The van der Waals surface area contributed by atoms with Gasteiger partial charge in [0.1, 0.15) is 0 Å². The van der Waals surface area contributed by atoms with Gasteiger partial charge in [-0.25, -0.2) is 9.78 Å². The molecule has 0 saturated heterocycles. The summed E-state index contributed by atoms with van der Waals surface area (Å²) < 4.78 is 6.89. The third-order valence-corrected chi connectivity index (χ3v) is 4.73. The second-order valence-electron chi connectivity index (χ2n) is 6.38. The van der Waals surface area contributed by atoms with Crippen LogP contribution >= 0.6 is 0 Å². The van der Waals surface area contributed by atoms with Gasteiger partial charge in [-0.15, -0.1) is 0 Å². The van der Waals surface area contributed by atoms with Crippen molar-refractivity contribution in [2.75, 3.05) is 19.1 Å². The number of benzene rings is 1. The monoisotopic (exact) mass is 337 g/mol. The van der Waals surface area contributed by atoms with Gasteiger partial charge in [0.15, 0.2) is 5.65 Å². The van der Waals surface area contributed by atoms with Crippen LogP contribution in [0.25, 0.3) is 5.65 Å². The van der Waals surface area contributed by atoms with Gasteiger partial charge in [0.2, 0.25) is 0 Å². The second-order valence-corrected chi connectivity index (χ2v) is 6.38. The highest BCUT2D eigenvalue weighted by Crippen LogP contribution is 2.33. The van der Waals surface area contributed by atoms with Crippen LogP contribution in [0.4, 0.5) is 11.4 Å². The Morgan fingerprint density at radius 1 is 1.16 bits per heavy atom. The maximum Gasteiger partial charge on any atom is 0.339 e. The summed E-state index contributed by atoms with van der Waals surface area (Å²) in [5, 5.41) is 0. The molecular formula is C20H23N3O2. The van der Waals surface area contributed by atoms with Gasteiger partial charge in [-0.2, -0.15) is 0 Å². The summed E-state index contributed by atoms with van der Waals surface area (Å²) in [6, 6.07) is 8.07. The molecule has 0 saturated carbocycles. The molecule has 0 unspecified atom stereocenters. The Kier molecular flexibility index (Phi) is 4.25. The Morgan fingerprint density at radius 3 is 2.40 bits per heavy atom. The molecule has 5 heteroatoms. The minimum Gasteiger partial charge on any atom is -0.465 e. The van der Waals surface area contributed by atoms with Crippen molar-refractivity contribution in [3.05, 3.63) is 58.5 Å². The fraction of sp³-hybridized carbons (Fsp3) is 0.300. The number of fused-ring (bicyclic) bond motifs is 1. The van der Waals surface area contributed by atoms with Crippen molar-refractivity contribution < 1.29 is 9.53 Å². The SMILES string of the molecule is COC(=O)c1cc(N(C)c2c(C)cccc2C)c2nc(C)c(C)n2c1. The molecule has 0 spiro atoms. The first-order valence-corrected chi connectivity index (χ1v) is 8.22. The van der Waals surface area contributed by atoms with Crippen molar-refractivity contribution in [2.24, 2.45) is 0 Å².